The molecule has 2 rings (SSSR count). The number of allylic oxidation sites excluding steroid dienone is 1. The maximum atomic E-state index is 9.83. The van der Waals surface area contributed by atoms with Gasteiger partial charge in [-0.3, -0.25) is 0 Å². The van der Waals surface area contributed by atoms with Crippen LogP contribution in [-0.2, 0) is 13.0 Å². The minimum Gasteiger partial charge on any atom is -0.388 e. The fourth-order valence-electron chi connectivity index (χ4n) is 2.32. The topological polar surface area (TPSA) is 25.2 Å². The molecule has 1 aromatic heterocycles. The second-order valence-corrected chi connectivity index (χ2v) is 4.00. The molecule has 1 N–H and O–H groups in total. The maximum Gasteiger partial charge on any atom is 0.0807 e. The Morgan fingerprint density at radius 2 is 2.50 bits per heavy atom. The standard InChI is InChI=1S/C12H17NO/c1-3-7-13-9(2)8-10-11(13)5-4-6-12(10)14/h3,8,12,14H,1,4-7H2,2H3. The summed E-state index contributed by atoms with van der Waals surface area (Å²) in [5.41, 5.74) is 3.67. The van der Waals surface area contributed by atoms with Gasteiger partial charge in [-0.05, 0) is 32.3 Å². The fraction of sp³-hybridized carbons (Fsp3) is 0.500. The SMILES string of the molecule is C=CCn1c(C)cc2c1CCCC2O. The Labute approximate surface area is 84.9 Å². The van der Waals surface area contributed by atoms with Gasteiger partial charge < -0.3 is 9.67 Å². The molecular formula is C12H17NO. The monoisotopic (exact) mass is 191 g/mol. The highest BCUT2D eigenvalue weighted by Crippen LogP contribution is 2.31. The Morgan fingerprint density at radius 1 is 1.71 bits per heavy atom. The molecule has 14 heavy (non-hydrogen) atoms. The summed E-state index contributed by atoms with van der Waals surface area (Å²) in [6, 6.07) is 2.11. The Kier molecular flexibility index (Phi) is 2.46. The van der Waals surface area contributed by atoms with E-state index in [1.54, 1.807) is 0 Å². The van der Waals surface area contributed by atoms with E-state index in [4.69, 9.17) is 0 Å². The van der Waals surface area contributed by atoms with Crippen LogP contribution in [0.5, 0.6) is 0 Å². The Balaban J connectivity index is 2.45. The molecule has 0 aliphatic heterocycles. The average Bonchev–Trinajstić information content (AvgIpc) is 2.47. The van der Waals surface area contributed by atoms with Crippen molar-refractivity contribution in [2.24, 2.45) is 0 Å². The molecule has 0 bridgehead atoms. The third-order valence-corrected chi connectivity index (χ3v) is 3.01. The fourth-order valence-corrected chi connectivity index (χ4v) is 2.32. The van der Waals surface area contributed by atoms with Crippen molar-refractivity contribution in [1.29, 1.82) is 0 Å². The van der Waals surface area contributed by atoms with Crippen LogP contribution in [0.15, 0.2) is 18.7 Å². The molecule has 2 heteroatoms. The summed E-state index contributed by atoms with van der Waals surface area (Å²) in [7, 11) is 0. The third-order valence-electron chi connectivity index (χ3n) is 3.01. The number of hydrogen-bond acceptors (Lipinski definition) is 1. The minimum absolute atomic E-state index is 0.247. The van der Waals surface area contributed by atoms with Crippen molar-refractivity contribution < 1.29 is 5.11 Å². The van der Waals surface area contributed by atoms with E-state index in [0.717, 1.165) is 31.4 Å². The van der Waals surface area contributed by atoms with E-state index in [2.05, 4.69) is 24.1 Å². The van der Waals surface area contributed by atoms with E-state index >= 15 is 0 Å². The molecule has 0 saturated carbocycles. The highest BCUT2D eigenvalue weighted by atomic mass is 16.3. The van der Waals surface area contributed by atoms with Gasteiger partial charge in [0.05, 0.1) is 6.10 Å². The summed E-state index contributed by atoms with van der Waals surface area (Å²) in [5, 5.41) is 9.83. The van der Waals surface area contributed by atoms with Gasteiger partial charge >= 0.3 is 0 Å². The molecule has 2 nitrogen and oxygen atoms in total. The number of aliphatic hydroxyl groups excluding tert-OH is 1. The number of aliphatic hydroxyl groups is 1. The summed E-state index contributed by atoms with van der Waals surface area (Å²) in [4.78, 5) is 0. The predicted molar refractivity (Wildman–Crippen MR) is 57.3 cm³/mol. The molecule has 1 heterocycles. The predicted octanol–water partition coefficient (Wildman–Crippen LogP) is 2.35. The van der Waals surface area contributed by atoms with Crippen molar-refractivity contribution >= 4 is 0 Å². The first-order valence-electron chi connectivity index (χ1n) is 5.22. The van der Waals surface area contributed by atoms with Crippen LogP contribution in [0.3, 0.4) is 0 Å². The van der Waals surface area contributed by atoms with Gasteiger partial charge in [0.1, 0.15) is 0 Å². The van der Waals surface area contributed by atoms with Crippen molar-refractivity contribution in [2.45, 2.75) is 38.8 Å². The molecule has 1 atom stereocenters. The van der Waals surface area contributed by atoms with E-state index in [0.29, 0.717) is 0 Å². The van der Waals surface area contributed by atoms with Crippen molar-refractivity contribution in [3.8, 4) is 0 Å². The van der Waals surface area contributed by atoms with Crippen LogP contribution in [-0.4, -0.2) is 9.67 Å². The van der Waals surface area contributed by atoms with Crippen LogP contribution in [0.25, 0.3) is 0 Å². The zero-order valence-electron chi connectivity index (χ0n) is 8.66. The number of hydrogen-bond donors (Lipinski definition) is 1. The van der Waals surface area contributed by atoms with Crippen molar-refractivity contribution in [2.75, 3.05) is 0 Å². The zero-order valence-corrected chi connectivity index (χ0v) is 8.66. The number of fused-ring (bicyclic) bond motifs is 1. The normalized spacial score (nSPS) is 20.6. The number of aryl methyl sites for hydroxylation is 1. The second kappa shape index (κ2) is 3.62. The van der Waals surface area contributed by atoms with E-state index in [9.17, 15) is 5.11 Å². The van der Waals surface area contributed by atoms with Gasteiger partial charge in [0.25, 0.3) is 0 Å². The number of rotatable bonds is 2. The largest absolute Gasteiger partial charge is 0.388 e. The molecule has 1 aromatic rings. The van der Waals surface area contributed by atoms with E-state index in [1.807, 2.05) is 6.08 Å². The first-order valence-corrected chi connectivity index (χ1v) is 5.22. The summed E-state index contributed by atoms with van der Waals surface area (Å²) >= 11 is 0. The molecule has 76 valence electrons. The average molecular weight is 191 g/mol. The Morgan fingerprint density at radius 3 is 3.21 bits per heavy atom. The smallest absolute Gasteiger partial charge is 0.0807 e. The summed E-state index contributed by atoms with van der Waals surface area (Å²) in [5.74, 6) is 0. The lowest BCUT2D eigenvalue weighted by Gasteiger charge is -2.19. The van der Waals surface area contributed by atoms with Crippen LogP contribution >= 0.6 is 0 Å². The van der Waals surface area contributed by atoms with E-state index in [-0.39, 0.29) is 6.10 Å². The molecular weight excluding hydrogens is 174 g/mol. The first kappa shape index (κ1) is 9.53. The van der Waals surface area contributed by atoms with Gasteiger partial charge in [-0.2, -0.15) is 0 Å². The summed E-state index contributed by atoms with van der Waals surface area (Å²) in [6.07, 6.45) is 4.75. The molecule has 1 aliphatic carbocycles. The molecule has 0 amide bonds. The summed E-state index contributed by atoms with van der Waals surface area (Å²) < 4.78 is 2.25. The van der Waals surface area contributed by atoms with Gasteiger partial charge in [0.2, 0.25) is 0 Å². The van der Waals surface area contributed by atoms with Gasteiger partial charge in [-0.15, -0.1) is 6.58 Å². The Bertz CT molecular complexity index is 351. The Hall–Kier alpha value is -1.02. The van der Waals surface area contributed by atoms with Gasteiger partial charge in [0.15, 0.2) is 0 Å². The zero-order chi connectivity index (χ0) is 10.1. The third kappa shape index (κ3) is 1.40. The molecule has 1 unspecified atom stereocenters. The van der Waals surface area contributed by atoms with Crippen molar-refractivity contribution in [3.05, 3.63) is 35.7 Å². The maximum absolute atomic E-state index is 9.83. The lowest BCUT2D eigenvalue weighted by Crippen LogP contribution is -2.12. The van der Waals surface area contributed by atoms with Crippen LogP contribution in [0.4, 0.5) is 0 Å². The molecule has 1 aliphatic rings. The molecule has 0 spiro atoms. The number of aromatic nitrogens is 1. The van der Waals surface area contributed by atoms with Crippen LogP contribution < -0.4 is 0 Å². The highest BCUT2D eigenvalue weighted by molar-refractivity contribution is 5.32. The van der Waals surface area contributed by atoms with Crippen LogP contribution in [0, 0.1) is 6.92 Å². The molecule has 0 fully saturated rings. The number of nitrogens with zero attached hydrogens (tertiary/aromatic N) is 1. The first-order chi connectivity index (χ1) is 6.74. The highest BCUT2D eigenvalue weighted by Gasteiger charge is 2.22. The van der Waals surface area contributed by atoms with Crippen molar-refractivity contribution in [1.82, 2.24) is 4.57 Å². The van der Waals surface area contributed by atoms with Crippen LogP contribution in [0.1, 0.15) is 35.9 Å². The molecule has 0 saturated heterocycles. The van der Waals surface area contributed by atoms with Gasteiger partial charge in [-0.25, -0.2) is 0 Å². The second-order valence-electron chi connectivity index (χ2n) is 4.00. The van der Waals surface area contributed by atoms with Gasteiger partial charge in [-0.1, -0.05) is 6.08 Å². The van der Waals surface area contributed by atoms with Gasteiger partial charge in [0, 0.05) is 23.5 Å². The van der Waals surface area contributed by atoms with Crippen molar-refractivity contribution in [3.63, 3.8) is 0 Å². The van der Waals surface area contributed by atoms with E-state index < -0.39 is 0 Å². The lowest BCUT2D eigenvalue weighted by atomic mass is 9.95. The minimum atomic E-state index is -0.247. The molecule has 0 radical (unpaired) electrons. The molecule has 0 aromatic carbocycles. The summed E-state index contributed by atoms with van der Waals surface area (Å²) in [6.45, 7) is 6.71. The lowest BCUT2D eigenvalue weighted by molar-refractivity contribution is 0.156. The van der Waals surface area contributed by atoms with Crippen LogP contribution in [0.2, 0.25) is 0 Å². The quantitative estimate of drug-likeness (QED) is 0.713. The van der Waals surface area contributed by atoms with E-state index in [1.165, 1.54) is 11.4 Å².